The van der Waals surface area contributed by atoms with Crippen molar-refractivity contribution in [3.05, 3.63) is 70.5 Å². The van der Waals surface area contributed by atoms with Crippen molar-refractivity contribution < 1.29 is 4.74 Å². The van der Waals surface area contributed by atoms with Crippen LogP contribution in [-0.4, -0.2) is 64.2 Å². The van der Waals surface area contributed by atoms with E-state index in [1.807, 2.05) is 18.2 Å². The topological polar surface area (TPSA) is 76.0 Å². The summed E-state index contributed by atoms with van der Waals surface area (Å²) in [5, 5.41) is 0. The fraction of sp³-hybridized carbons (Fsp3) is 0.286. The third kappa shape index (κ3) is 4.38. The first-order valence-electron chi connectivity index (χ1n) is 12.4. The number of rotatable bonds is 6. The highest BCUT2D eigenvalue weighted by atomic mass is 32.1. The normalized spacial score (nSPS) is 14.7. The Morgan fingerprint density at radius 3 is 2.56 bits per heavy atom. The van der Waals surface area contributed by atoms with Crippen molar-refractivity contribution in [1.82, 2.24) is 24.8 Å². The highest BCUT2D eigenvalue weighted by Gasteiger charge is 2.20. The summed E-state index contributed by atoms with van der Waals surface area (Å²) in [6, 6.07) is 18.9. The molecule has 8 heteroatoms. The zero-order valence-corrected chi connectivity index (χ0v) is 21.4. The summed E-state index contributed by atoms with van der Waals surface area (Å²) >= 11 is 5.22. The number of aryl methyl sites for hydroxylation is 2. The molecule has 3 N–H and O–H groups in total. The lowest BCUT2D eigenvalue weighted by Crippen LogP contribution is -2.47. The fourth-order valence-electron chi connectivity index (χ4n) is 5.13. The number of H-pyrrole nitrogens is 3. The van der Waals surface area contributed by atoms with Crippen molar-refractivity contribution in [1.29, 1.82) is 0 Å². The molecule has 1 aliphatic heterocycles. The van der Waals surface area contributed by atoms with Gasteiger partial charge in [0.1, 0.15) is 29.2 Å². The van der Waals surface area contributed by atoms with Gasteiger partial charge in [-0.25, -0.2) is 4.98 Å². The molecule has 5 aromatic rings. The van der Waals surface area contributed by atoms with Crippen molar-refractivity contribution in [2.75, 3.05) is 44.2 Å². The van der Waals surface area contributed by atoms with Gasteiger partial charge in [0.2, 0.25) is 0 Å². The van der Waals surface area contributed by atoms with E-state index < -0.39 is 0 Å². The summed E-state index contributed by atoms with van der Waals surface area (Å²) < 4.78 is 6.72. The summed E-state index contributed by atoms with van der Waals surface area (Å²) in [5.41, 5.74) is 8.88. The predicted molar refractivity (Wildman–Crippen MR) is 149 cm³/mol. The van der Waals surface area contributed by atoms with E-state index in [1.54, 1.807) is 0 Å². The van der Waals surface area contributed by atoms with Crippen LogP contribution in [0.25, 0.3) is 33.5 Å². The molecule has 0 amide bonds. The van der Waals surface area contributed by atoms with Crippen LogP contribution in [-0.2, 0) is 0 Å². The Kier molecular flexibility index (Phi) is 5.99. The van der Waals surface area contributed by atoms with E-state index in [1.165, 1.54) is 16.8 Å². The predicted octanol–water partition coefficient (Wildman–Crippen LogP) is 5.59. The minimum atomic E-state index is 0.616. The maximum atomic E-state index is 6.10. The molecule has 1 saturated heterocycles. The molecule has 0 unspecified atom stereocenters. The summed E-state index contributed by atoms with van der Waals surface area (Å²) in [4.78, 5) is 19.8. The minimum absolute atomic E-state index is 0.616. The Labute approximate surface area is 215 Å². The molecule has 0 aliphatic carbocycles. The quantitative estimate of drug-likeness (QED) is 0.266. The number of aromatic amines is 3. The Balaban J connectivity index is 1.11. The number of anilines is 1. The number of fused-ring (bicyclic) bond motifs is 2. The molecule has 0 radical (unpaired) electrons. The van der Waals surface area contributed by atoms with Crippen LogP contribution in [0.15, 0.2) is 54.6 Å². The molecular formula is C28H30N6OS. The summed E-state index contributed by atoms with van der Waals surface area (Å²) in [6.45, 7) is 9.70. The standard InChI is InChI=1S/C28H30N6OS/c1-18-9-10-20(19(2)17-18)27-29-21-5-3-7-23(25(21)31-27)34-13-11-33(12-14-34)15-16-35-24-8-4-6-22-26(24)32-28(36)30-22/h3-10,17H,11-16H2,1-2H3,(H,29,31)(H2,30,32,36). The van der Waals surface area contributed by atoms with Gasteiger partial charge in [0.25, 0.3) is 0 Å². The second-order valence-electron chi connectivity index (χ2n) is 9.51. The maximum Gasteiger partial charge on any atom is 0.175 e. The van der Waals surface area contributed by atoms with Gasteiger partial charge >= 0.3 is 0 Å². The maximum absolute atomic E-state index is 6.10. The molecule has 6 rings (SSSR count). The highest BCUT2D eigenvalue weighted by Crippen LogP contribution is 2.30. The van der Waals surface area contributed by atoms with E-state index in [0.717, 1.165) is 71.9 Å². The number of hydrogen-bond donors (Lipinski definition) is 3. The van der Waals surface area contributed by atoms with E-state index in [9.17, 15) is 0 Å². The average Bonchev–Trinajstić information content (AvgIpc) is 3.47. The molecule has 36 heavy (non-hydrogen) atoms. The molecule has 3 aromatic carbocycles. The third-order valence-electron chi connectivity index (χ3n) is 7.02. The lowest BCUT2D eigenvalue weighted by Gasteiger charge is -2.36. The fourth-order valence-corrected chi connectivity index (χ4v) is 5.34. The Bertz CT molecular complexity index is 1590. The van der Waals surface area contributed by atoms with Crippen molar-refractivity contribution in [3.8, 4) is 17.1 Å². The largest absolute Gasteiger partial charge is 0.490 e. The molecule has 184 valence electrons. The Morgan fingerprint density at radius 1 is 0.917 bits per heavy atom. The van der Waals surface area contributed by atoms with Gasteiger partial charge in [-0.05, 0) is 55.9 Å². The van der Waals surface area contributed by atoms with Gasteiger partial charge in [-0.1, -0.05) is 35.9 Å². The molecule has 1 fully saturated rings. The first-order valence-corrected chi connectivity index (χ1v) is 12.8. The van der Waals surface area contributed by atoms with Crippen molar-refractivity contribution in [2.24, 2.45) is 0 Å². The number of para-hydroxylation sites is 2. The number of nitrogens with zero attached hydrogens (tertiary/aromatic N) is 3. The van der Waals surface area contributed by atoms with Crippen LogP contribution in [0, 0.1) is 18.6 Å². The van der Waals surface area contributed by atoms with Crippen LogP contribution in [0.1, 0.15) is 11.1 Å². The Morgan fingerprint density at radius 2 is 1.72 bits per heavy atom. The first-order chi connectivity index (χ1) is 17.5. The molecule has 0 spiro atoms. The average molecular weight is 499 g/mol. The van der Waals surface area contributed by atoms with Crippen LogP contribution in [0.5, 0.6) is 5.75 Å². The number of benzene rings is 3. The number of aromatic nitrogens is 4. The molecule has 7 nitrogen and oxygen atoms in total. The van der Waals surface area contributed by atoms with Crippen molar-refractivity contribution in [2.45, 2.75) is 13.8 Å². The second-order valence-corrected chi connectivity index (χ2v) is 9.92. The van der Waals surface area contributed by atoms with E-state index in [0.29, 0.717) is 11.4 Å². The molecule has 3 heterocycles. The van der Waals surface area contributed by atoms with E-state index in [2.05, 4.69) is 75.0 Å². The van der Waals surface area contributed by atoms with Crippen LogP contribution in [0.2, 0.25) is 0 Å². The van der Waals surface area contributed by atoms with Gasteiger partial charge in [0, 0.05) is 38.3 Å². The number of hydrogen-bond acceptors (Lipinski definition) is 5. The SMILES string of the molecule is Cc1ccc(-c2nc3c(N4CCN(CCOc5cccc6[nH]c(=S)[nH]c56)CC4)cccc3[nH]2)c(C)c1. The van der Waals surface area contributed by atoms with Crippen LogP contribution in [0.3, 0.4) is 0 Å². The number of ether oxygens (including phenoxy) is 1. The molecule has 0 saturated carbocycles. The van der Waals surface area contributed by atoms with Gasteiger partial charge in [-0.15, -0.1) is 0 Å². The van der Waals surface area contributed by atoms with Crippen molar-refractivity contribution in [3.63, 3.8) is 0 Å². The molecular weight excluding hydrogens is 468 g/mol. The van der Waals surface area contributed by atoms with Crippen molar-refractivity contribution >= 4 is 40.0 Å². The van der Waals surface area contributed by atoms with E-state index in [4.69, 9.17) is 21.9 Å². The van der Waals surface area contributed by atoms with Gasteiger partial charge < -0.3 is 24.6 Å². The molecule has 1 aliphatic rings. The van der Waals surface area contributed by atoms with Crippen LogP contribution >= 0.6 is 12.2 Å². The smallest absolute Gasteiger partial charge is 0.175 e. The number of nitrogens with one attached hydrogen (secondary N) is 3. The molecule has 2 aromatic heterocycles. The van der Waals surface area contributed by atoms with Crippen LogP contribution in [0.4, 0.5) is 5.69 Å². The van der Waals surface area contributed by atoms with Gasteiger partial charge in [-0.3, -0.25) is 4.90 Å². The van der Waals surface area contributed by atoms with E-state index in [-0.39, 0.29) is 0 Å². The number of imidazole rings is 2. The van der Waals surface area contributed by atoms with E-state index >= 15 is 0 Å². The number of piperazine rings is 1. The monoisotopic (exact) mass is 498 g/mol. The molecule has 0 atom stereocenters. The Hall–Kier alpha value is -3.62. The van der Waals surface area contributed by atoms with Gasteiger partial charge in [0.15, 0.2) is 4.77 Å². The zero-order valence-electron chi connectivity index (χ0n) is 20.6. The molecule has 0 bridgehead atoms. The minimum Gasteiger partial charge on any atom is -0.490 e. The van der Waals surface area contributed by atoms with Gasteiger partial charge in [0.05, 0.1) is 16.7 Å². The second kappa shape index (κ2) is 9.44. The zero-order chi connectivity index (χ0) is 24.6. The lowest BCUT2D eigenvalue weighted by atomic mass is 10.1. The summed E-state index contributed by atoms with van der Waals surface area (Å²) in [5.74, 6) is 1.77. The highest BCUT2D eigenvalue weighted by molar-refractivity contribution is 7.71. The summed E-state index contributed by atoms with van der Waals surface area (Å²) in [7, 11) is 0. The first kappa shape index (κ1) is 22.8. The third-order valence-corrected chi connectivity index (χ3v) is 7.22. The summed E-state index contributed by atoms with van der Waals surface area (Å²) in [6.07, 6.45) is 0. The van der Waals surface area contributed by atoms with Crippen LogP contribution < -0.4 is 9.64 Å². The van der Waals surface area contributed by atoms with Gasteiger partial charge in [-0.2, -0.15) is 0 Å². The lowest BCUT2D eigenvalue weighted by molar-refractivity contribution is 0.201.